The third kappa shape index (κ3) is 4.61. The second kappa shape index (κ2) is 7.12. The van der Waals surface area contributed by atoms with Crippen LogP contribution in [-0.4, -0.2) is 22.5 Å². The van der Waals surface area contributed by atoms with Crippen LogP contribution >= 0.6 is 11.6 Å². The van der Waals surface area contributed by atoms with Crippen molar-refractivity contribution in [2.24, 2.45) is 0 Å². The van der Waals surface area contributed by atoms with Crippen molar-refractivity contribution < 1.29 is 9.53 Å². The normalized spacial score (nSPS) is 11.0. The maximum absolute atomic E-state index is 11.1. The van der Waals surface area contributed by atoms with E-state index in [9.17, 15) is 4.79 Å². The number of carbonyl (C=O) groups is 1. The molecular formula is C12H17ClN2O2. The highest BCUT2D eigenvalue weighted by Gasteiger charge is 2.05. The first-order valence-corrected chi connectivity index (χ1v) is 6.14. The zero-order chi connectivity index (χ0) is 12.7. The van der Waals surface area contributed by atoms with E-state index < -0.39 is 0 Å². The number of halogens is 1. The summed E-state index contributed by atoms with van der Waals surface area (Å²) in [6.07, 6.45) is 5.92. The molecule has 0 aromatic carbocycles. The number of esters is 1. The molecule has 1 aromatic rings. The lowest BCUT2D eigenvalue weighted by Crippen LogP contribution is -1.98. The van der Waals surface area contributed by atoms with Crippen LogP contribution in [-0.2, 0) is 16.0 Å². The van der Waals surface area contributed by atoms with E-state index in [-0.39, 0.29) is 5.97 Å². The number of imidazole rings is 1. The number of hydrogen-bond donors (Lipinski definition) is 1. The highest BCUT2D eigenvalue weighted by molar-refractivity contribution is 6.30. The Balaban J connectivity index is 2.64. The maximum atomic E-state index is 11.1. The van der Waals surface area contributed by atoms with Crippen LogP contribution in [0.4, 0.5) is 0 Å². The molecule has 0 fully saturated rings. The summed E-state index contributed by atoms with van der Waals surface area (Å²) in [5.41, 5.74) is 0.575. The number of hydrogen-bond acceptors (Lipinski definition) is 3. The largest absolute Gasteiger partial charge is 0.463 e. The SMILES string of the molecule is CCCCc1nc(C=CC(=O)OCC)c(Cl)[nH]1. The van der Waals surface area contributed by atoms with Crippen molar-refractivity contribution in [3.63, 3.8) is 0 Å². The van der Waals surface area contributed by atoms with Crippen LogP contribution in [0.5, 0.6) is 0 Å². The Morgan fingerprint density at radius 1 is 1.53 bits per heavy atom. The van der Waals surface area contributed by atoms with Crippen molar-refractivity contribution in [2.45, 2.75) is 33.1 Å². The van der Waals surface area contributed by atoms with Crippen LogP contribution in [0.3, 0.4) is 0 Å². The number of unbranched alkanes of at least 4 members (excludes halogenated alkanes) is 1. The summed E-state index contributed by atoms with van der Waals surface area (Å²) in [6, 6.07) is 0. The van der Waals surface area contributed by atoms with Crippen LogP contribution in [0.1, 0.15) is 38.2 Å². The lowest BCUT2D eigenvalue weighted by atomic mass is 10.2. The molecule has 17 heavy (non-hydrogen) atoms. The van der Waals surface area contributed by atoms with Gasteiger partial charge in [0, 0.05) is 12.5 Å². The quantitative estimate of drug-likeness (QED) is 0.629. The summed E-state index contributed by atoms with van der Waals surface area (Å²) in [5, 5.41) is 0.455. The van der Waals surface area contributed by atoms with Gasteiger partial charge in [-0.05, 0) is 19.4 Å². The number of aromatic nitrogens is 2. The smallest absolute Gasteiger partial charge is 0.330 e. The number of H-pyrrole nitrogens is 1. The predicted molar refractivity (Wildman–Crippen MR) is 67.9 cm³/mol. The molecular weight excluding hydrogens is 240 g/mol. The van der Waals surface area contributed by atoms with Gasteiger partial charge in [-0.2, -0.15) is 0 Å². The van der Waals surface area contributed by atoms with E-state index in [0.29, 0.717) is 17.5 Å². The van der Waals surface area contributed by atoms with Gasteiger partial charge in [0.1, 0.15) is 16.7 Å². The van der Waals surface area contributed by atoms with E-state index in [1.165, 1.54) is 6.08 Å². The zero-order valence-electron chi connectivity index (χ0n) is 10.1. The summed E-state index contributed by atoms with van der Waals surface area (Å²) in [7, 11) is 0. The minimum absolute atomic E-state index is 0.360. The third-order valence-corrected chi connectivity index (χ3v) is 2.45. The highest BCUT2D eigenvalue weighted by atomic mass is 35.5. The van der Waals surface area contributed by atoms with E-state index in [0.717, 1.165) is 25.1 Å². The van der Waals surface area contributed by atoms with Gasteiger partial charge in [-0.15, -0.1) is 0 Å². The zero-order valence-corrected chi connectivity index (χ0v) is 10.9. The number of carbonyl (C=O) groups excluding carboxylic acids is 1. The first kappa shape index (κ1) is 13.8. The van der Waals surface area contributed by atoms with E-state index in [1.807, 2.05) is 0 Å². The Morgan fingerprint density at radius 2 is 2.29 bits per heavy atom. The number of aromatic amines is 1. The summed E-state index contributed by atoms with van der Waals surface area (Å²) in [4.78, 5) is 18.4. The molecule has 0 radical (unpaired) electrons. The van der Waals surface area contributed by atoms with Gasteiger partial charge in [-0.3, -0.25) is 0 Å². The fraction of sp³-hybridized carbons (Fsp3) is 0.500. The van der Waals surface area contributed by atoms with Crippen molar-refractivity contribution in [2.75, 3.05) is 6.61 Å². The summed E-state index contributed by atoms with van der Waals surface area (Å²) in [6.45, 7) is 4.24. The number of aryl methyl sites for hydroxylation is 1. The van der Waals surface area contributed by atoms with Crippen molar-refractivity contribution in [3.05, 3.63) is 22.7 Å². The van der Waals surface area contributed by atoms with Gasteiger partial charge in [-0.1, -0.05) is 24.9 Å². The molecule has 94 valence electrons. The molecule has 0 amide bonds. The van der Waals surface area contributed by atoms with Gasteiger partial charge in [0.15, 0.2) is 0 Å². The van der Waals surface area contributed by atoms with Crippen LogP contribution in [0.15, 0.2) is 6.08 Å². The van der Waals surface area contributed by atoms with Gasteiger partial charge in [0.2, 0.25) is 0 Å². The van der Waals surface area contributed by atoms with Crippen LogP contribution < -0.4 is 0 Å². The Hall–Kier alpha value is -1.29. The van der Waals surface area contributed by atoms with Crippen molar-refractivity contribution in [1.82, 2.24) is 9.97 Å². The van der Waals surface area contributed by atoms with Crippen molar-refractivity contribution >= 4 is 23.6 Å². The molecule has 0 spiro atoms. The second-order valence-corrected chi connectivity index (χ2v) is 3.95. The molecule has 1 heterocycles. The minimum atomic E-state index is -0.387. The highest BCUT2D eigenvalue weighted by Crippen LogP contribution is 2.15. The summed E-state index contributed by atoms with van der Waals surface area (Å²) in [5.74, 6) is 0.460. The maximum Gasteiger partial charge on any atom is 0.330 e. The van der Waals surface area contributed by atoms with E-state index in [2.05, 4.69) is 16.9 Å². The topological polar surface area (TPSA) is 55.0 Å². The summed E-state index contributed by atoms with van der Waals surface area (Å²) >= 11 is 5.96. The number of nitrogens with one attached hydrogen (secondary N) is 1. The lowest BCUT2D eigenvalue weighted by molar-refractivity contribution is -0.137. The predicted octanol–water partition coefficient (Wildman–Crippen LogP) is 2.98. The van der Waals surface area contributed by atoms with E-state index >= 15 is 0 Å². The number of rotatable bonds is 6. The molecule has 0 aliphatic heterocycles. The Labute approximate surface area is 106 Å². The van der Waals surface area contributed by atoms with Gasteiger partial charge in [0.05, 0.1) is 6.61 Å². The molecule has 4 nitrogen and oxygen atoms in total. The average Bonchev–Trinajstić information content (AvgIpc) is 2.65. The molecule has 0 aliphatic rings. The van der Waals surface area contributed by atoms with Crippen LogP contribution in [0, 0.1) is 0 Å². The fourth-order valence-electron chi connectivity index (χ4n) is 1.32. The molecule has 0 saturated heterocycles. The molecule has 5 heteroatoms. The molecule has 0 bridgehead atoms. The van der Waals surface area contributed by atoms with Crippen LogP contribution in [0.25, 0.3) is 6.08 Å². The van der Waals surface area contributed by atoms with Crippen molar-refractivity contribution in [1.29, 1.82) is 0 Å². The molecule has 1 rings (SSSR count). The standard InChI is InChI=1S/C12H17ClN2O2/c1-3-5-6-10-14-9(12(13)15-10)7-8-11(16)17-4-2/h7-8H,3-6H2,1-2H3,(H,14,15). The monoisotopic (exact) mass is 256 g/mol. The molecule has 0 saturated carbocycles. The lowest BCUT2D eigenvalue weighted by Gasteiger charge is -1.93. The average molecular weight is 257 g/mol. The number of ether oxygens (including phenoxy) is 1. The molecule has 0 aliphatic carbocycles. The Morgan fingerprint density at radius 3 is 2.94 bits per heavy atom. The van der Waals surface area contributed by atoms with Crippen molar-refractivity contribution in [3.8, 4) is 0 Å². The van der Waals surface area contributed by atoms with Gasteiger partial charge in [-0.25, -0.2) is 9.78 Å². The Bertz CT molecular complexity index is 399. The van der Waals surface area contributed by atoms with E-state index in [4.69, 9.17) is 16.3 Å². The van der Waals surface area contributed by atoms with Gasteiger partial charge < -0.3 is 9.72 Å². The molecule has 0 unspecified atom stereocenters. The van der Waals surface area contributed by atoms with Gasteiger partial charge >= 0.3 is 5.97 Å². The second-order valence-electron chi connectivity index (χ2n) is 3.57. The fourth-order valence-corrected chi connectivity index (χ4v) is 1.54. The Kier molecular flexibility index (Phi) is 5.77. The molecule has 1 N–H and O–H groups in total. The molecule has 0 atom stereocenters. The molecule has 1 aromatic heterocycles. The number of nitrogens with zero attached hydrogens (tertiary/aromatic N) is 1. The minimum Gasteiger partial charge on any atom is -0.463 e. The first-order valence-electron chi connectivity index (χ1n) is 5.76. The van der Waals surface area contributed by atoms with E-state index in [1.54, 1.807) is 13.0 Å². The first-order chi connectivity index (χ1) is 8.17. The third-order valence-electron chi connectivity index (χ3n) is 2.17. The summed E-state index contributed by atoms with van der Waals surface area (Å²) < 4.78 is 4.77. The van der Waals surface area contributed by atoms with Gasteiger partial charge in [0.25, 0.3) is 0 Å². The van der Waals surface area contributed by atoms with Crippen LogP contribution in [0.2, 0.25) is 5.15 Å².